The molecule has 0 aromatic carbocycles. The second-order valence-electron chi connectivity index (χ2n) is 3.69. The van der Waals surface area contributed by atoms with E-state index in [1.807, 2.05) is 6.92 Å². The summed E-state index contributed by atoms with van der Waals surface area (Å²) in [5.41, 5.74) is -0.00743. The first-order chi connectivity index (χ1) is 5.06. The fourth-order valence-corrected chi connectivity index (χ4v) is 1.88. The molecule has 0 aliphatic heterocycles. The highest BCUT2D eigenvalue weighted by Crippen LogP contribution is 2.36. The zero-order valence-corrected chi connectivity index (χ0v) is 7.31. The molecule has 1 aliphatic rings. The molecular formula is C8H15NO2. The summed E-state index contributed by atoms with van der Waals surface area (Å²) in [7, 11) is 1.39. The molecule has 0 heterocycles. The number of hydrogen-bond donors (Lipinski definition) is 1. The van der Waals surface area contributed by atoms with E-state index in [1.54, 1.807) is 0 Å². The van der Waals surface area contributed by atoms with Crippen molar-refractivity contribution in [2.24, 2.45) is 5.92 Å². The Morgan fingerprint density at radius 1 is 1.64 bits per heavy atom. The molecule has 1 N–H and O–H groups in total. The molecule has 1 fully saturated rings. The third-order valence-corrected chi connectivity index (χ3v) is 2.19. The van der Waals surface area contributed by atoms with Crippen molar-refractivity contribution < 1.29 is 9.53 Å². The average Bonchev–Trinajstić information content (AvgIpc) is 1.84. The number of amides is 1. The highest BCUT2D eigenvalue weighted by Gasteiger charge is 2.38. The lowest BCUT2D eigenvalue weighted by molar-refractivity contribution is 0.109. The normalized spacial score (nSPS) is 35.7. The van der Waals surface area contributed by atoms with Crippen LogP contribution in [0.25, 0.3) is 0 Å². The highest BCUT2D eigenvalue weighted by molar-refractivity contribution is 5.68. The maximum absolute atomic E-state index is 10.8. The Bertz CT molecular complexity index is 161. The summed E-state index contributed by atoms with van der Waals surface area (Å²) in [6, 6.07) is 0. The molecule has 1 rings (SSSR count). The SMILES string of the molecule is COC(=O)NC1(C)CC(C)C1. The van der Waals surface area contributed by atoms with Crippen LogP contribution in [0.1, 0.15) is 26.7 Å². The van der Waals surface area contributed by atoms with Crippen LogP contribution in [0, 0.1) is 5.92 Å². The van der Waals surface area contributed by atoms with Gasteiger partial charge in [0.15, 0.2) is 0 Å². The summed E-state index contributed by atoms with van der Waals surface area (Å²) < 4.78 is 4.51. The predicted octanol–water partition coefficient (Wildman–Crippen LogP) is 1.53. The molecule has 0 aromatic rings. The molecule has 1 saturated carbocycles. The zero-order valence-electron chi connectivity index (χ0n) is 7.31. The summed E-state index contributed by atoms with van der Waals surface area (Å²) in [5.74, 6) is 0.733. The van der Waals surface area contributed by atoms with Crippen molar-refractivity contribution in [3.05, 3.63) is 0 Å². The number of nitrogens with one attached hydrogen (secondary N) is 1. The van der Waals surface area contributed by atoms with Gasteiger partial charge in [0.05, 0.1) is 7.11 Å². The van der Waals surface area contributed by atoms with Crippen LogP contribution in [-0.4, -0.2) is 18.7 Å². The Morgan fingerprint density at radius 3 is 2.55 bits per heavy atom. The van der Waals surface area contributed by atoms with Crippen molar-refractivity contribution in [2.45, 2.75) is 32.2 Å². The summed E-state index contributed by atoms with van der Waals surface area (Å²) in [6.45, 7) is 4.23. The third-order valence-electron chi connectivity index (χ3n) is 2.19. The van der Waals surface area contributed by atoms with Gasteiger partial charge in [0.1, 0.15) is 0 Å². The van der Waals surface area contributed by atoms with Crippen LogP contribution < -0.4 is 5.32 Å². The van der Waals surface area contributed by atoms with Crippen LogP contribution in [0.15, 0.2) is 0 Å². The number of carbonyl (C=O) groups excluding carboxylic acids is 1. The average molecular weight is 157 g/mol. The van der Waals surface area contributed by atoms with E-state index >= 15 is 0 Å². The van der Waals surface area contributed by atoms with Gasteiger partial charge in [0.25, 0.3) is 0 Å². The minimum Gasteiger partial charge on any atom is -0.453 e. The molecule has 0 bridgehead atoms. The van der Waals surface area contributed by atoms with E-state index in [4.69, 9.17) is 0 Å². The number of hydrogen-bond acceptors (Lipinski definition) is 2. The van der Waals surface area contributed by atoms with Gasteiger partial charge >= 0.3 is 6.09 Å². The second kappa shape index (κ2) is 2.72. The van der Waals surface area contributed by atoms with Gasteiger partial charge in [-0.25, -0.2) is 4.79 Å². The van der Waals surface area contributed by atoms with Crippen LogP contribution in [0.3, 0.4) is 0 Å². The quantitative estimate of drug-likeness (QED) is 0.627. The van der Waals surface area contributed by atoms with E-state index in [0.717, 1.165) is 18.8 Å². The van der Waals surface area contributed by atoms with E-state index < -0.39 is 0 Å². The first-order valence-corrected chi connectivity index (χ1v) is 3.92. The number of methoxy groups -OCH3 is 1. The van der Waals surface area contributed by atoms with E-state index in [-0.39, 0.29) is 11.6 Å². The predicted molar refractivity (Wildman–Crippen MR) is 42.3 cm³/mol. The van der Waals surface area contributed by atoms with Gasteiger partial charge in [-0.1, -0.05) is 6.92 Å². The van der Waals surface area contributed by atoms with Gasteiger partial charge in [0, 0.05) is 5.54 Å². The maximum atomic E-state index is 10.8. The first kappa shape index (κ1) is 8.37. The fraction of sp³-hybridized carbons (Fsp3) is 0.875. The molecular weight excluding hydrogens is 142 g/mol. The molecule has 0 aromatic heterocycles. The summed E-state index contributed by atoms with van der Waals surface area (Å²) >= 11 is 0. The van der Waals surface area contributed by atoms with Crippen molar-refractivity contribution in [1.29, 1.82) is 0 Å². The van der Waals surface area contributed by atoms with Crippen molar-refractivity contribution in [1.82, 2.24) is 5.32 Å². The minimum absolute atomic E-state index is 0.00743. The Hall–Kier alpha value is -0.730. The van der Waals surface area contributed by atoms with Gasteiger partial charge in [-0.2, -0.15) is 0 Å². The second-order valence-corrected chi connectivity index (χ2v) is 3.69. The monoisotopic (exact) mass is 157 g/mol. The molecule has 0 radical (unpaired) electrons. The van der Waals surface area contributed by atoms with Gasteiger partial charge in [0.2, 0.25) is 0 Å². The maximum Gasteiger partial charge on any atom is 0.407 e. The Kier molecular flexibility index (Phi) is 2.07. The van der Waals surface area contributed by atoms with Gasteiger partial charge in [-0.05, 0) is 25.7 Å². The number of alkyl carbamates (subject to hydrolysis) is 1. The molecule has 1 aliphatic carbocycles. The molecule has 3 nitrogen and oxygen atoms in total. The molecule has 1 amide bonds. The molecule has 0 spiro atoms. The molecule has 0 unspecified atom stereocenters. The molecule has 64 valence electrons. The number of rotatable bonds is 1. The van der Waals surface area contributed by atoms with Crippen molar-refractivity contribution in [3.63, 3.8) is 0 Å². The first-order valence-electron chi connectivity index (χ1n) is 3.92. The van der Waals surface area contributed by atoms with E-state index in [1.165, 1.54) is 7.11 Å². The van der Waals surface area contributed by atoms with Crippen LogP contribution in [-0.2, 0) is 4.74 Å². The van der Waals surface area contributed by atoms with E-state index in [2.05, 4.69) is 17.0 Å². The van der Waals surface area contributed by atoms with E-state index in [9.17, 15) is 4.79 Å². The topological polar surface area (TPSA) is 38.3 Å². The third kappa shape index (κ3) is 1.85. The largest absolute Gasteiger partial charge is 0.453 e. The van der Waals surface area contributed by atoms with Crippen molar-refractivity contribution in [3.8, 4) is 0 Å². The van der Waals surface area contributed by atoms with Crippen LogP contribution in [0.5, 0.6) is 0 Å². The van der Waals surface area contributed by atoms with Gasteiger partial charge in [-0.15, -0.1) is 0 Å². The fourth-order valence-electron chi connectivity index (χ4n) is 1.88. The summed E-state index contributed by atoms with van der Waals surface area (Å²) in [6.07, 6.45) is 1.80. The van der Waals surface area contributed by atoms with Crippen molar-refractivity contribution >= 4 is 6.09 Å². The standard InChI is InChI=1S/C8H15NO2/c1-6-4-8(2,5-6)9-7(10)11-3/h6H,4-5H2,1-3H3,(H,9,10). The molecule has 11 heavy (non-hydrogen) atoms. The lowest BCUT2D eigenvalue weighted by Gasteiger charge is -2.43. The molecule has 0 atom stereocenters. The minimum atomic E-state index is -0.320. The smallest absolute Gasteiger partial charge is 0.407 e. The molecule has 0 saturated heterocycles. The van der Waals surface area contributed by atoms with E-state index in [0.29, 0.717) is 0 Å². The zero-order chi connectivity index (χ0) is 8.48. The Morgan fingerprint density at radius 2 is 2.18 bits per heavy atom. The van der Waals surface area contributed by atoms with Gasteiger partial charge in [-0.3, -0.25) is 0 Å². The van der Waals surface area contributed by atoms with Crippen LogP contribution in [0.4, 0.5) is 4.79 Å². The van der Waals surface area contributed by atoms with Crippen LogP contribution in [0.2, 0.25) is 0 Å². The molecule has 3 heteroatoms. The number of carbonyl (C=O) groups is 1. The lowest BCUT2D eigenvalue weighted by Crippen LogP contribution is -2.54. The van der Waals surface area contributed by atoms with Gasteiger partial charge < -0.3 is 10.1 Å². The van der Waals surface area contributed by atoms with Crippen LogP contribution >= 0.6 is 0 Å². The highest BCUT2D eigenvalue weighted by atomic mass is 16.5. The Labute approximate surface area is 67.1 Å². The lowest BCUT2D eigenvalue weighted by atomic mass is 9.70. The van der Waals surface area contributed by atoms with Crippen molar-refractivity contribution in [2.75, 3.05) is 7.11 Å². The summed E-state index contributed by atoms with van der Waals surface area (Å²) in [4.78, 5) is 10.8. The number of ether oxygens (including phenoxy) is 1. The summed E-state index contributed by atoms with van der Waals surface area (Å²) in [5, 5.41) is 2.81. The Balaban J connectivity index is 2.32.